The molecule has 0 N–H and O–H groups in total. The van der Waals surface area contributed by atoms with E-state index in [0.717, 1.165) is 6.42 Å². The first-order valence-electron chi connectivity index (χ1n) is 3.67. The molecular weight excluding hydrogens is 136 g/mol. The van der Waals surface area contributed by atoms with Gasteiger partial charge in [-0.05, 0) is 25.0 Å². The summed E-state index contributed by atoms with van der Waals surface area (Å²) in [5, 5.41) is 10.6. The molecule has 1 rings (SSSR count). The first-order valence-corrected chi connectivity index (χ1v) is 3.67. The van der Waals surface area contributed by atoms with Gasteiger partial charge in [0.1, 0.15) is 5.76 Å². The van der Waals surface area contributed by atoms with Crippen LogP contribution in [0.15, 0.2) is 42.2 Å². The molecule has 0 aliphatic heterocycles. The fourth-order valence-electron chi connectivity index (χ4n) is 0.876. The van der Waals surface area contributed by atoms with Crippen molar-refractivity contribution < 1.29 is 5.11 Å². The van der Waals surface area contributed by atoms with Gasteiger partial charge >= 0.3 is 0 Å². The highest BCUT2D eigenvalue weighted by atomic mass is 16.3. The fraction of sp³-hybridized carbons (Fsp3) is 0.200. The SMILES string of the molecule is C/C([O])=C/Cc1ccccc1. The van der Waals surface area contributed by atoms with Crippen molar-refractivity contribution >= 4 is 0 Å². The minimum Gasteiger partial charge on any atom is -0.296 e. The van der Waals surface area contributed by atoms with Crippen molar-refractivity contribution in [1.82, 2.24) is 0 Å². The van der Waals surface area contributed by atoms with Crippen LogP contribution in [-0.2, 0) is 11.5 Å². The average molecular weight is 147 g/mol. The van der Waals surface area contributed by atoms with Crippen LogP contribution >= 0.6 is 0 Å². The predicted molar refractivity (Wildman–Crippen MR) is 44.6 cm³/mol. The van der Waals surface area contributed by atoms with Crippen LogP contribution in [0.5, 0.6) is 0 Å². The van der Waals surface area contributed by atoms with Gasteiger partial charge in [-0.15, -0.1) is 0 Å². The van der Waals surface area contributed by atoms with Crippen LogP contribution in [0.4, 0.5) is 0 Å². The second-order valence-electron chi connectivity index (χ2n) is 2.50. The third-order valence-electron chi connectivity index (χ3n) is 1.47. The largest absolute Gasteiger partial charge is 0.296 e. The molecule has 0 heterocycles. The number of allylic oxidation sites excluding steroid dienone is 2. The zero-order valence-corrected chi connectivity index (χ0v) is 6.58. The summed E-state index contributed by atoms with van der Waals surface area (Å²) in [6.45, 7) is 1.57. The Labute approximate surface area is 67.0 Å². The van der Waals surface area contributed by atoms with E-state index < -0.39 is 0 Å². The Morgan fingerprint density at radius 3 is 2.55 bits per heavy atom. The van der Waals surface area contributed by atoms with Gasteiger partial charge in [-0.3, -0.25) is 5.11 Å². The van der Waals surface area contributed by atoms with Crippen molar-refractivity contribution in [2.45, 2.75) is 13.3 Å². The summed E-state index contributed by atoms with van der Waals surface area (Å²) in [5.74, 6) is 0.133. The third-order valence-corrected chi connectivity index (χ3v) is 1.47. The maximum Gasteiger partial charge on any atom is 0.148 e. The summed E-state index contributed by atoms with van der Waals surface area (Å²) in [5.41, 5.74) is 1.18. The summed E-state index contributed by atoms with van der Waals surface area (Å²) in [4.78, 5) is 0. The number of rotatable bonds is 2. The second kappa shape index (κ2) is 3.81. The quantitative estimate of drug-likeness (QED) is 0.573. The van der Waals surface area contributed by atoms with Gasteiger partial charge in [-0.25, -0.2) is 0 Å². The van der Waals surface area contributed by atoms with Crippen molar-refractivity contribution in [2.75, 3.05) is 0 Å². The molecule has 0 amide bonds. The van der Waals surface area contributed by atoms with Gasteiger partial charge < -0.3 is 0 Å². The topological polar surface area (TPSA) is 19.9 Å². The molecule has 0 saturated carbocycles. The van der Waals surface area contributed by atoms with Crippen LogP contribution in [0.25, 0.3) is 0 Å². The van der Waals surface area contributed by atoms with Crippen LogP contribution in [0, 0.1) is 0 Å². The maximum atomic E-state index is 10.6. The second-order valence-corrected chi connectivity index (χ2v) is 2.50. The standard InChI is InChI=1S/C10H11O/c1-9(11)7-8-10-5-3-2-4-6-10/h2-7H,8H2,1H3/b9-7-. The molecule has 1 heteroatoms. The van der Waals surface area contributed by atoms with E-state index >= 15 is 0 Å². The van der Waals surface area contributed by atoms with Crippen molar-refractivity contribution in [3.63, 3.8) is 0 Å². The molecule has 0 atom stereocenters. The number of hydrogen-bond donors (Lipinski definition) is 0. The zero-order valence-electron chi connectivity index (χ0n) is 6.58. The Kier molecular flexibility index (Phi) is 2.73. The van der Waals surface area contributed by atoms with E-state index in [-0.39, 0.29) is 5.76 Å². The highest BCUT2D eigenvalue weighted by Crippen LogP contribution is 2.01. The lowest BCUT2D eigenvalue weighted by Gasteiger charge is -1.92. The number of benzene rings is 1. The molecule has 57 valence electrons. The van der Waals surface area contributed by atoms with E-state index in [2.05, 4.69) is 0 Å². The Balaban J connectivity index is 2.59. The molecule has 0 aliphatic carbocycles. The summed E-state index contributed by atoms with van der Waals surface area (Å²) in [6.07, 6.45) is 2.44. The van der Waals surface area contributed by atoms with Crippen LogP contribution < -0.4 is 0 Å². The first-order chi connectivity index (χ1) is 5.29. The van der Waals surface area contributed by atoms with Gasteiger partial charge in [0, 0.05) is 0 Å². The van der Waals surface area contributed by atoms with Gasteiger partial charge in [0.15, 0.2) is 0 Å². The molecule has 0 aliphatic rings. The molecule has 0 unspecified atom stereocenters. The molecule has 11 heavy (non-hydrogen) atoms. The molecule has 0 bridgehead atoms. The van der Waals surface area contributed by atoms with Crippen molar-refractivity contribution in [2.24, 2.45) is 0 Å². The summed E-state index contributed by atoms with van der Waals surface area (Å²) in [6, 6.07) is 9.95. The summed E-state index contributed by atoms with van der Waals surface area (Å²) >= 11 is 0. The van der Waals surface area contributed by atoms with Crippen molar-refractivity contribution in [3.05, 3.63) is 47.7 Å². The Morgan fingerprint density at radius 2 is 2.00 bits per heavy atom. The predicted octanol–water partition coefficient (Wildman–Crippen LogP) is 2.56. The van der Waals surface area contributed by atoms with Gasteiger partial charge in [0.25, 0.3) is 0 Å². The van der Waals surface area contributed by atoms with E-state index in [4.69, 9.17) is 0 Å². The van der Waals surface area contributed by atoms with E-state index in [1.165, 1.54) is 5.56 Å². The van der Waals surface area contributed by atoms with Gasteiger partial charge in [-0.1, -0.05) is 30.3 Å². The lowest BCUT2D eigenvalue weighted by atomic mass is 10.1. The van der Waals surface area contributed by atoms with E-state index in [1.54, 1.807) is 13.0 Å². The highest BCUT2D eigenvalue weighted by molar-refractivity contribution is 5.17. The van der Waals surface area contributed by atoms with E-state index in [1.807, 2.05) is 30.3 Å². The minimum atomic E-state index is 0.133. The smallest absolute Gasteiger partial charge is 0.148 e. The molecule has 1 radical (unpaired) electrons. The summed E-state index contributed by atoms with van der Waals surface area (Å²) in [7, 11) is 0. The molecule has 0 saturated heterocycles. The van der Waals surface area contributed by atoms with Gasteiger partial charge in [0.05, 0.1) is 0 Å². The van der Waals surface area contributed by atoms with E-state index in [0.29, 0.717) is 0 Å². The van der Waals surface area contributed by atoms with Gasteiger partial charge in [0.2, 0.25) is 0 Å². The molecule has 1 aromatic carbocycles. The zero-order chi connectivity index (χ0) is 8.10. The maximum absolute atomic E-state index is 10.6. The molecule has 1 aromatic rings. The monoisotopic (exact) mass is 147 g/mol. The third kappa shape index (κ3) is 2.89. The number of hydrogen-bond acceptors (Lipinski definition) is 0. The summed E-state index contributed by atoms with van der Waals surface area (Å²) < 4.78 is 0. The molecular formula is C10H11O. The van der Waals surface area contributed by atoms with Gasteiger partial charge in [-0.2, -0.15) is 0 Å². The Hall–Kier alpha value is -1.24. The molecule has 0 fully saturated rings. The molecule has 0 aromatic heterocycles. The Bertz CT molecular complexity index is 232. The lowest BCUT2D eigenvalue weighted by molar-refractivity contribution is 0.298. The van der Waals surface area contributed by atoms with Crippen molar-refractivity contribution in [3.8, 4) is 0 Å². The molecule has 0 spiro atoms. The normalized spacial score (nSPS) is 11.5. The van der Waals surface area contributed by atoms with Crippen LogP contribution in [0.1, 0.15) is 12.5 Å². The first kappa shape index (κ1) is 7.86. The van der Waals surface area contributed by atoms with Crippen LogP contribution in [0.2, 0.25) is 0 Å². The lowest BCUT2D eigenvalue weighted by Crippen LogP contribution is -1.79. The van der Waals surface area contributed by atoms with Crippen LogP contribution in [-0.4, -0.2) is 0 Å². The Morgan fingerprint density at radius 1 is 1.36 bits per heavy atom. The minimum absolute atomic E-state index is 0.133. The van der Waals surface area contributed by atoms with E-state index in [9.17, 15) is 5.11 Å². The van der Waals surface area contributed by atoms with Crippen LogP contribution in [0.3, 0.4) is 0 Å². The highest BCUT2D eigenvalue weighted by Gasteiger charge is 1.87. The molecule has 1 nitrogen and oxygen atoms in total. The van der Waals surface area contributed by atoms with Crippen molar-refractivity contribution in [1.29, 1.82) is 0 Å². The fourth-order valence-corrected chi connectivity index (χ4v) is 0.876. The average Bonchev–Trinajstić information content (AvgIpc) is 2.03.